The SMILES string of the molecule is C[C@@H]1Cc2c([nH]c3ccc(F)cc23)[C@@H](c2ccc(N[C@H]3CCN(CCCF)C3)cn2)N1CC(F)(F)F. The van der Waals surface area contributed by atoms with Gasteiger partial charge >= 0.3 is 6.18 Å². The van der Waals surface area contributed by atoms with Gasteiger partial charge in [-0.05, 0) is 62.1 Å². The van der Waals surface area contributed by atoms with E-state index >= 15 is 0 Å². The lowest BCUT2D eigenvalue weighted by Crippen LogP contribution is -2.47. The number of pyridine rings is 1. The zero-order valence-electron chi connectivity index (χ0n) is 20.1. The summed E-state index contributed by atoms with van der Waals surface area (Å²) in [5.74, 6) is -0.380. The Morgan fingerprint density at radius 3 is 2.75 bits per heavy atom. The number of hydrogen-bond acceptors (Lipinski definition) is 4. The quantitative estimate of drug-likeness (QED) is 0.418. The molecule has 0 bridgehead atoms. The lowest BCUT2D eigenvalue weighted by atomic mass is 9.90. The van der Waals surface area contributed by atoms with Crippen molar-refractivity contribution in [1.82, 2.24) is 19.8 Å². The van der Waals surface area contributed by atoms with Gasteiger partial charge in [-0.15, -0.1) is 0 Å². The van der Waals surface area contributed by atoms with E-state index in [9.17, 15) is 22.0 Å². The van der Waals surface area contributed by atoms with Gasteiger partial charge in [-0.3, -0.25) is 14.3 Å². The van der Waals surface area contributed by atoms with Crippen LogP contribution in [0.5, 0.6) is 0 Å². The molecule has 2 aliphatic rings. The minimum Gasteiger partial charge on any atom is -0.380 e. The number of anilines is 1. The highest BCUT2D eigenvalue weighted by atomic mass is 19.4. The third-order valence-electron chi connectivity index (χ3n) is 7.25. The molecule has 1 fully saturated rings. The molecule has 36 heavy (non-hydrogen) atoms. The van der Waals surface area contributed by atoms with Gasteiger partial charge < -0.3 is 15.2 Å². The summed E-state index contributed by atoms with van der Waals surface area (Å²) >= 11 is 0. The second kappa shape index (κ2) is 9.97. The van der Waals surface area contributed by atoms with Gasteiger partial charge in [0, 0.05) is 48.3 Å². The van der Waals surface area contributed by atoms with E-state index in [2.05, 4.69) is 20.2 Å². The van der Waals surface area contributed by atoms with Crippen LogP contribution < -0.4 is 5.32 Å². The van der Waals surface area contributed by atoms with Gasteiger partial charge in [0.2, 0.25) is 0 Å². The van der Waals surface area contributed by atoms with Gasteiger partial charge in [-0.25, -0.2) is 4.39 Å². The Hall–Kier alpha value is -2.72. The van der Waals surface area contributed by atoms with Gasteiger partial charge in [0.15, 0.2) is 0 Å². The summed E-state index contributed by atoms with van der Waals surface area (Å²) in [6, 6.07) is 7.07. The van der Waals surface area contributed by atoms with Crippen LogP contribution in [0, 0.1) is 5.82 Å². The summed E-state index contributed by atoms with van der Waals surface area (Å²) in [5.41, 5.74) is 3.46. The zero-order chi connectivity index (χ0) is 25.4. The highest BCUT2D eigenvalue weighted by Crippen LogP contribution is 2.41. The Balaban J connectivity index is 1.43. The molecule has 194 valence electrons. The molecule has 3 aromatic rings. The first-order chi connectivity index (χ1) is 17.2. The predicted molar refractivity (Wildman–Crippen MR) is 129 cm³/mol. The van der Waals surface area contributed by atoms with Crippen LogP contribution in [0.3, 0.4) is 0 Å². The monoisotopic (exact) mass is 507 g/mol. The van der Waals surface area contributed by atoms with Crippen LogP contribution in [0.25, 0.3) is 10.9 Å². The molecule has 10 heteroatoms. The minimum absolute atomic E-state index is 0.212. The van der Waals surface area contributed by atoms with Crippen LogP contribution in [0.1, 0.15) is 42.8 Å². The highest BCUT2D eigenvalue weighted by Gasteiger charge is 2.42. The molecule has 0 saturated carbocycles. The topological polar surface area (TPSA) is 47.2 Å². The van der Waals surface area contributed by atoms with E-state index in [1.807, 2.05) is 6.07 Å². The number of nitrogens with zero attached hydrogens (tertiary/aromatic N) is 3. The molecule has 5 nitrogen and oxygen atoms in total. The molecule has 1 aromatic carbocycles. The van der Waals surface area contributed by atoms with Crippen molar-refractivity contribution >= 4 is 16.6 Å². The molecule has 2 aromatic heterocycles. The van der Waals surface area contributed by atoms with E-state index in [1.165, 1.54) is 17.0 Å². The van der Waals surface area contributed by atoms with Crippen molar-refractivity contribution in [3.05, 3.63) is 59.3 Å². The molecule has 0 aliphatic carbocycles. The number of H-pyrrole nitrogens is 1. The molecule has 2 N–H and O–H groups in total. The summed E-state index contributed by atoms with van der Waals surface area (Å²) in [7, 11) is 0. The standard InChI is InChI=1S/C26H30F5N5/c1-16-11-21-20-12-17(28)3-5-22(20)34-24(21)25(36(16)15-26(29,30)31)23-6-4-18(13-32-23)33-19-7-10-35(14-19)9-2-8-27/h3-6,12-13,16,19,25,33-34H,2,7-11,14-15H2,1H3/t16-,19+,25-/m1/s1. The fourth-order valence-corrected chi connectivity index (χ4v) is 5.62. The Morgan fingerprint density at radius 2 is 2.03 bits per heavy atom. The molecule has 3 atom stereocenters. The van der Waals surface area contributed by atoms with Crippen LogP contribution >= 0.6 is 0 Å². The summed E-state index contributed by atoms with van der Waals surface area (Å²) < 4.78 is 67.2. The predicted octanol–water partition coefficient (Wildman–Crippen LogP) is 5.45. The number of halogens is 5. The van der Waals surface area contributed by atoms with Gasteiger partial charge in [0.05, 0.1) is 36.8 Å². The zero-order valence-corrected chi connectivity index (χ0v) is 20.1. The Labute approximate surface area is 206 Å². The van der Waals surface area contributed by atoms with E-state index in [1.54, 1.807) is 25.3 Å². The first-order valence-corrected chi connectivity index (χ1v) is 12.3. The van der Waals surface area contributed by atoms with Crippen molar-refractivity contribution in [3.8, 4) is 0 Å². The summed E-state index contributed by atoms with van der Waals surface area (Å²) in [4.78, 5) is 11.5. The minimum atomic E-state index is -4.37. The number of benzene rings is 1. The Morgan fingerprint density at radius 1 is 1.19 bits per heavy atom. The lowest BCUT2D eigenvalue weighted by Gasteiger charge is -2.40. The van der Waals surface area contributed by atoms with E-state index in [4.69, 9.17) is 0 Å². The average Bonchev–Trinajstić information content (AvgIpc) is 3.42. The third kappa shape index (κ3) is 5.20. The number of rotatable bonds is 7. The maximum atomic E-state index is 14.0. The second-order valence-electron chi connectivity index (χ2n) is 9.90. The molecule has 0 unspecified atom stereocenters. The molecular weight excluding hydrogens is 477 g/mol. The van der Waals surface area contributed by atoms with E-state index in [0.717, 1.165) is 37.3 Å². The summed E-state index contributed by atoms with van der Waals surface area (Å²) in [6.07, 6.45) is -0.875. The van der Waals surface area contributed by atoms with Gasteiger partial charge in [0.1, 0.15) is 5.82 Å². The fourth-order valence-electron chi connectivity index (χ4n) is 5.62. The van der Waals surface area contributed by atoms with Crippen molar-refractivity contribution in [1.29, 1.82) is 0 Å². The molecule has 1 saturated heterocycles. The molecule has 4 heterocycles. The van der Waals surface area contributed by atoms with Crippen LogP contribution in [-0.2, 0) is 6.42 Å². The van der Waals surface area contributed by atoms with Crippen molar-refractivity contribution in [2.24, 2.45) is 0 Å². The normalized spacial score (nSPS) is 23.3. The van der Waals surface area contributed by atoms with Crippen LogP contribution in [-0.4, -0.2) is 70.9 Å². The first-order valence-electron chi connectivity index (χ1n) is 12.3. The summed E-state index contributed by atoms with van der Waals surface area (Å²) in [6.45, 7) is 2.83. The molecule has 0 amide bonds. The fraction of sp³-hybridized carbons (Fsp3) is 0.500. The molecular formula is C26H30F5N5. The van der Waals surface area contributed by atoms with Crippen molar-refractivity contribution < 1.29 is 22.0 Å². The number of fused-ring (bicyclic) bond motifs is 3. The van der Waals surface area contributed by atoms with Gasteiger partial charge in [0.25, 0.3) is 0 Å². The Bertz CT molecular complexity index is 1190. The van der Waals surface area contributed by atoms with Crippen molar-refractivity contribution in [2.45, 2.75) is 50.5 Å². The number of nitrogens with one attached hydrogen (secondary N) is 2. The molecule has 2 aliphatic heterocycles. The lowest BCUT2D eigenvalue weighted by molar-refractivity contribution is -0.155. The number of hydrogen-bond donors (Lipinski definition) is 2. The number of aromatic amines is 1. The maximum Gasteiger partial charge on any atom is 0.401 e. The van der Waals surface area contributed by atoms with Crippen molar-refractivity contribution in [3.63, 3.8) is 0 Å². The number of aromatic nitrogens is 2. The van der Waals surface area contributed by atoms with Crippen LogP contribution in [0.15, 0.2) is 36.5 Å². The average molecular weight is 508 g/mol. The van der Waals surface area contributed by atoms with E-state index < -0.39 is 24.8 Å². The molecule has 0 radical (unpaired) electrons. The third-order valence-corrected chi connectivity index (χ3v) is 7.25. The molecule has 5 rings (SSSR count). The van der Waals surface area contributed by atoms with Crippen LogP contribution in [0.4, 0.5) is 27.6 Å². The first kappa shape index (κ1) is 25.0. The largest absolute Gasteiger partial charge is 0.401 e. The van der Waals surface area contributed by atoms with Gasteiger partial charge in [-0.2, -0.15) is 13.2 Å². The Kier molecular flexibility index (Phi) is 6.91. The second-order valence-corrected chi connectivity index (χ2v) is 9.90. The molecule has 0 spiro atoms. The van der Waals surface area contributed by atoms with E-state index in [0.29, 0.717) is 35.1 Å². The maximum absolute atomic E-state index is 14.0. The summed E-state index contributed by atoms with van der Waals surface area (Å²) in [5, 5.41) is 4.14. The smallest absolute Gasteiger partial charge is 0.380 e. The van der Waals surface area contributed by atoms with E-state index in [-0.39, 0.29) is 18.5 Å². The number of likely N-dealkylation sites (tertiary alicyclic amines) is 1. The number of alkyl halides is 4. The van der Waals surface area contributed by atoms with Crippen molar-refractivity contribution in [2.75, 3.05) is 38.2 Å². The highest BCUT2D eigenvalue weighted by molar-refractivity contribution is 5.85. The van der Waals surface area contributed by atoms with Gasteiger partial charge in [-0.1, -0.05) is 0 Å². The van der Waals surface area contributed by atoms with Crippen LogP contribution in [0.2, 0.25) is 0 Å².